The quantitative estimate of drug-likeness (QED) is 0.710. The standard InChI is InChI=1S/C14H17ClO/c1-14(2,9-16)13-5-3-4-10-6-7-11(15)8-12(10)13/h6-9,13H,3-5H2,1-2H3. The third-order valence-electron chi connectivity index (χ3n) is 3.62. The van der Waals surface area contributed by atoms with Crippen LogP contribution in [0.4, 0.5) is 0 Å². The summed E-state index contributed by atoms with van der Waals surface area (Å²) < 4.78 is 0. The molecule has 16 heavy (non-hydrogen) atoms. The number of halogens is 1. The Bertz CT molecular complexity index is 409. The van der Waals surface area contributed by atoms with Crippen molar-refractivity contribution in [3.8, 4) is 0 Å². The van der Waals surface area contributed by atoms with E-state index >= 15 is 0 Å². The first-order chi connectivity index (χ1) is 7.54. The first-order valence-corrected chi connectivity index (χ1v) is 6.17. The van der Waals surface area contributed by atoms with Crippen LogP contribution in [0.25, 0.3) is 0 Å². The first-order valence-electron chi connectivity index (χ1n) is 5.79. The average Bonchev–Trinajstić information content (AvgIpc) is 2.28. The Morgan fingerprint density at radius 3 is 2.88 bits per heavy atom. The Hall–Kier alpha value is -0.820. The van der Waals surface area contributed by atoms with Gasteiger partial charge in [-0.25, -0.2) is 0 Å². The highest BCUT2D eigenvalue weighted by atomic mass is 35.5. The summed E-state index contributed by atoms with van der Waals surface area (Å²) in [5.74, 6) is 0.312. The molecule has 86 valence electrons. The predicted octanol–water partition coefficient (Wildman–Crippen LogP) is 3.99. The molecule has 0 bridgehead atoms. The molecule has 1 aromatic carbocycles. The SMILES string of the molecule is CC(C)(C=O)C1CCCc2ccc(Cl)cc21. The maximum absolute atomic E-state index is 11.2. The van der Waals surface area contributed by atoms with Crippen LogP contribution in [-0.4, -0.2) is 6.29 Å². The number of aryl methyl sites for hydroxylation is 1. The van der Waals surface area contributed by atoms with E-state index in [1.165, 1.54) is 11.1 Å². The van der Waals surface area contributed by atoms with Crippen molar-refractivity contribution < 1.29 is 4.79 Å². The van der Waals surface area contributed by atoms with Crippen LogP contribution in [0.3, 0.4) is 0 Å². The number of carbonyl (C=O) groups is 1. The van der Waals surface area contributed by atoms with Crippen LogP contribution >= 0.6 is 11.6 Å². The summed E-state index contributed by atoms with van der Waals surface area (Å²) in [6.07, 6.45) is 4.43. The zero-order chi connectivity index (χ0) is 11.8. The zero-order valence-electron chi connectivity index (χ0n) is 9.79. The van der Waals surface area contributed by atoms with Crippen molar-refractivity contribution >= 4 is 17.9 Å². The molecule has 1 nitrogen and oxygen atoms in total. The van der Waals surface area contributed by atoms with Gasteiger partial charge in [-0.2, -0.15) is 0 Å². The van der Waals surface area contributed by atoms with E-state index in [1.807, 2.05) is 26.0 Å². The van der Waals surface area contributed by atoms with E-state index < -0.39 is 0 Å². The molecule has 0 spiro atoms. The van der Waals surface area contributed by atoms with E-state index in [0.717, 1.165) is 30.6 Å². The maximum Gasteiger partial charge on any atom is 0.126 e. The molecule has 2 rings (SSSR count). The number of rotatable bonds is 2. The molecule has 0 aliphatic heterocycles. The maximum atomic E-state index is 11.2. The van der Waals surface area contributed by atoms with Crippen molar-refractivity contribution in [1.29, 1.82) is 0 Å². The average molecular weight is 237 g/mol. The molecule has 2 heteroatoms. The summed E-state index contributed by atoms with van der Waals surface area (Å²) in [7, 11) is 0. The van der Waals surface area contributed by atoms with E-state index in [9.17, 15) is 4.79 Å². The van der Waals surface area contributed by atoms with Gasteiger partial charge in [0.2, 0.25) is 0 Å². The molecule has 1 aliphatic carbocycles. The Kier molecular flexibility index (Phi) is 3.07. The van der Waals surface area contributed by atoms with Gasteiger partial charge in [-0.1, -0.05) is 31.5 Å². The fourth-order valence-corrected chi connectivity index (χ4v) is 2.81. The first kappa shape index (κ1) is 11.7. The highest BCUT2D eigenvalue weighted by molar-refractivity contribution is 6.30. The summed E-state index contributed by atoms with van der Waals surface area (Å²) in [4.78, 5) is 11.2. The molecular weight excluding hydrogens is 220 g/mol. The van der Waals surface area contributed by atoms with Crippen molar-refractivity contribution in [3.05, 3.63) is 34.3 Å². The lowest BCUT2D eigenvalue weighted by atomic mass is 9.69. The topological polar surface area (TPSA) is 17.1 Å². The summed E-state index contributed by atoms with van der Waals surface area (Å²) in [6.45, 7) is 4.03. The van der Waals surface area contributed by atoms with E-state index in [0.29, 0.717) is 5.92 Å². The number of aldehydes is 1. The molecule has 1 aliphatic rings. The number of hydrogen-bond acceptors (Lipinski definition) is 1. The Morgan fingerprint density at radius 2 is 2.19 bits per heavy atom. The van der Waals surface area contributed by atoms with Crippen molar-refractivity contribution in [2.45, 2.75) is 39.0 Å². The molecule has 1 aromatic rings. The van der Waals surface area contributed by atoms with Crippen LogP contribution in [-0.2, 0) is 11.2 Å². The van der Waals surface area contributed by atoms with Gasteiger partial charge in [-0.05, 0) is 48.4 Å². The summed E-state index contributed by atoms with van der Waals surface area (Å²) in [5, 5.41) is 0.771. The molecule has 0 amide bonds. The van der Waals surface area contributed by atoms with E-state index in [2.05, 4.69) is 6.07 Å². The van der Waals surface area contributed by atoms with Crippen LogP contribution in [0.5, 0.6) is 0 Å². The van der Waals surface area contributed by atoms with Crippen molar-refractivity contribution in [1.82, 2.24) is 0 Å². The normalized spacial score (nSPS) is 20.3. The van der Waals surface area contributed by atoms with Crippen molar-refractivity contribution in [3.63, 3.8) is 0 Å². The van der Waals surface area contributed by atoms with Crippen LogP contribution in [0.1, 0.15) is 43.7 Å². The molecule has 0 heterocycles. The molecule has 0 aromatic heterocycles. The van der Waals surface area contributed by atoms with Crippen LogP contribution in [0, 0.1) is 5.41 Å². The van der Waals surface area contributed by atoms with E-state index in [1.54, 1.807) is 0 Å². The molecule has 1 atom stereocenters. The van der Waals surface area contributed by atoms with E-state index in [-0.39, 0.29) is 5.41 Å². The van der Waals surface area contributed by atoms with Gasteiger partial charge in [0.05, 0.1) is 0 Å². The lowest BCUT2D eigenvalue weighted by molar-refractivity contribution is -0.115. The molecule has 0 radical (unpaired) electrons. The molecule has 0 saturated heterocycles. The third-order valence-corrected chi connectivity index (χ3v) is 3.86. The van der Waals surface area contributed by atoms with Crippen LogP contribution < -0.4 is 0 Å². The molecule has 0 N–H and O–H groups in total. The van der Waals surface area contributed by atoms with Gasteiger partial charge in [0.1, 0.15) is 6.29 Å². The largest absolute Gasteiger partial charge is 0.303 e. The summed E-state index contributed by atoms with van der Waals surface area (Å²) in [5.41, 5.74) is 2.34. The van der Waals surface area contributed by atoms with Gasteiger partial charge < -0.3 is 4.79 Å². The minimum atomic E-state index is -0.292. The lowest BCUT2D eigenvalue weighted by Gasteiger charge is -2.34. The van der Waals surface area contributed by atoms with Crippen molar-refractivity contribution in [2.75, 3.05) is 0 Å². The minimum Gasteiger partial charge on any atom is -0.303 e. The van der Waals surface area contributed by atoms with Gasteiger partial charge in [0, 0.05) is 10.4 Å². The second kappa shape index (κ2) is 4.21. The summed E-state index contributed by atoms with van der Waals surface area (Å²) in [6, 6.07) is 6.08. The monoisotopic (exact) mass is 236 g/mol. The van der Waals surface area contributed by atoms with Gasteiger partial charge in [0.25, 0.3) is 0 Å². The molecular formula is C14H17ClO. The van der Waals surface area contributed by atoms with E-state index in [4.69, 9.17) is 11.6 Å². The summed E-state index contributed by atoms with van der Waals surface area (Å²) >= 11 is 6.05. The fraction of sp³-hybridized carbons (Fsp3) is 0.500. The Morgan fingerprint density at radius 1 is 1.44 bits per heavy atom. The smallest absolute Gasteiger partial charge is 0.126 e. The highest BCUT2D eigenvalue weighted by Gasteiger charge is 2.33. The van der Waals surface area contributed by atoms with Crippen molar-refractivity contribution in [2.24, 2.45) is 5.41 Å². The zero-order valence-corrected chi connectivity index (χ0v) is 10.6. The Labute approximate surface area is 102 Å². The lowest BCUT2D eigenvalue weighted by Crippen LogP contribution is -2.27. The number of carbonyl (C=O) groups excluding carboxylic acids is 1. The van der Waals surface area contributed by atoms with Gasteiger partial charge in [-0.3, -0.25) is 0 Å². The fourth-order valence-electron chi connectivity index (χ4n) is 2.62. The van der Waals surface area contributed by atoms with Gasteiger partial charge >= 0.3 is 0 Å². The molecule has 0 fully saturated rings. The van der Waals surface area contributed by atoms with Gasteiger partial charge in [0.15, 0.2) is 0 Å². The molecule has 1 unspecified atom stereocenters. The number of hydrogen-bond donors (Lipinski definition) is 0. The van der Waals surface area contributed by atoms with Crippen LogP contribution in [0.15, 0.2) is 18.2 Å². The predicted molar refractivity (Wildman–Crippen MR) is 67.0 cm³/mol. The van der Waals surface area contributed by atoms with Gasteiger partial charge in [-0.15, -0.1) is 0 Å². The minimum absolute atomic E-state index is 0.292. The number of fused-ring (bicyclic) bond motifs is 1. The second-order valence-electron chi connectivity index (χ2n) is 5.23. The second-order valence-corrected chi connectivity index (χ2v) is 5.66. The third kappa shape index (κ3) is 2.01. The molecule has 0 saturated carbocycles. The highest BCUT2D eigenvalue weighted by Crippen LogP contribution is 2.43. The number of benzene rings is 1. The Balaban J connectivity index is 2.46. The van der Waals surface area contributed by atoms with Crippen LogP contribution in [0.2, 0.25) is 5.02 Å².